The van der Waals surface area contributed by atoms with E-state index in [1.54, 1.807) is 10.6 Å². The predicted molar refractivity (Wildman–Crippen MR) is 291 cm³/mol. The summed E-state index contributed by atoms with van der Waals surface area (Å²) in [6, 6.07) is 86.7. The molecule has 0 N–H and O–H groups in total. The van der Waals surface area contributed by atoms with E-state index in [4.69, 9.17) is 0 Å². The minimum atomic E-state index is -2.86. The van der Waals surface area contributed by atoms with Crippen molar-refractivity contribution in [1.29, 1.82) is 0 Å². The van der Waals surface area contributed by atoms with E-state index in [0.29, 0.717) is 0 Å². The predicted octanol–water partition coefficient (Wildman–Crippen LogP) is 6.96. The third-order valence-corrected chi connectivity index (χ3v) is 21.9. The Bertz CT molecular complexity index is 3450. The van der Waals surface area contributed by atoms with Crippen molar-refractivity contribution in [2.45, 2.75) is 30.7 Å². The Kier molecular flexibility index (Phi) is 8.65. The third-order valence-electron chi connectivity index (χ3n) is 16.9. The molecule has 9 aromatic rings. The number of para-hydroxylation sites is 1. The molecule has 0 saturated heterocycles. The molecule has 0 saturated carbocycles. The molecule has 4 heteroatoms. The highest BCUT2D eigenvalue weighted by atomic mass is 28.3. The first-order chi connectivity index (χ1) is 33.5. The lowest BCUT2D eigenvalue weighted by atomic mass is 9.31. The van der Waals surface area contributed by atoms with Gasteiger partial charge in [-0.2, -0.15) is 0 Å². The first-order valence-electron chi connectivity index (χ1n) is 24.5. The van der Waals surface area contributed by atoms with Crippen LogP contribution in [-0.4, -0.2) is 27.5 Å². The van der Waals surface area contributed by atoms with Crippen molar-refractivity contribution < 1.29 is 0 Å². The zero-order valence-corrected chi connectivity index (χ0v) is 39.4. The molecular weight excluding hydrogens is 832 g/mol. The van der Waals surface area contributed by atoms with Crippen LogP contribution in [0, 0.1) is 5.92 Å². The molecule has 9 aromatic carbocycles. The molecule has 0 amide bonds. The van der Waals surface area contributed by atoms with Gasteiger partial charge in [0.1, 0.15) is 0 Å². The summed E-state index contributed by atoms with van der Waals surface area (Å²) in [5, 5.41) is 6.14. The van der Waals surface area contributed by atoms with Gasteiger partial charge < -0.3 is 4.90 Å². The van der Waals surface area contributed by atoms with E-state index in [0.717, 1.165) is 0 Å². The van der Waals surface area contributed by atoms with Gasteiger partial charge in [-0.15, -0.1) is 0 Å². The van der Waals surface area contributed by atoms with Crippen molar-refractivity contribution in [2.24, 2.45) is 5.92 Å². The summed E-state index contributed by atoms with van der Waals surface area (Å²) in [6.07, 6.45) is 9.41. The topological polar surface area (TPSA) is 3.24 Å². The SMILES string of the molecule is CC1(C)c2ccccc2B2c3ccccc3[Si]3(c4ccccc4B(c4ccc(N5c6ccccc6C(c6ccccc6)(c6ccccc6)C6C=CC=CC65)cc4)c4ccccc43)c3cccc1c32. The molecule has 68 heavy (non-hydrogen) atoms. The van der Waals surface area contributed by atoms with Gasteiger partial charge in [0.25, 0.3) is 0 Å². The second-order valence-electron chi connectivity index (χ2n) is 20.2. The van der Waals surface area contributed by atoms with Gasteiger partial charge in [0.05, 0.1) is 11.5 Å². The number of rotatable bonds is 4. The summed E-state index contributed by atoms with van der Waals surface area (Å²) in [4.78, 5) is 2.62. The van der Waals surface area contributed by atoms with Gasteiger partial charge in [0.15, 0.2) is 8.07 Å². The highest BCUT2D eigenvalue weighted by Gasteiger charge is 2.58. The molecule has 1 nitrogen and oxygen atoms in total. The zero-order chi connectivity index (χ0) is 45.2. The van der Waals surface area contributed by atoms with Gasteiger partial charge in [-0.25, -0.2) is 0 Å². The van der Waals surface area contributed by atoms with Crippen LogP contribution >= 0.6 is 0 Å². The van der Waals surface area contributed by atoms with Crippen LogP contribution in [0.15, 0.2) is 249 Å². The smallest absolute Gasteiger partial charge is 0.241 e. The number of allylic oxidation sites excluding steroid dienone is 2. The second-order valence-corrected chi connectivity index (χ2v) is 23.8. The van der Waals surface area contributed by atoms with Gasteiger partial charge in [0, 0.05) is 22.7 Å². The molecule has 4 aliphatic heterocycles. The molecular formula is C64H49B2NSi. The van der Waals surface area contributed by atoms with E-state index in [-0.39, 0.29) is 36.2 Å². The average Bonchev–Trinajstić information content (AvgIpc) is 3.40. The first-order valence-corrected chi connectivity index (χ1v) is 26.5. The molecule has 0 radical (unpaired) electrons. The lowest BCUT2D eigenvalue weighted by Gasteiger charge is -2.54. The van der Waals surface area contributed by atoms with E-state index in [1.807, 2.05) is 0 Å². The van der Waals surface area contributed by atoms with Gasteiger partial charge in [-0.05, 0) is 66.8 Å². The molecule has 2 unspecified atom stereocenters. The minimum absolute atomic E-state index is 0.0823. The van der Waals surface area contributed by atoms with E-state index < -0.39 is 8.07 Å². The van der Waals surface area contributed by atoms with E-state index in [1.165, 1.54) is 82.1 Å². The van der Waals surface area contributed by atoms with Crippen molar-refractivity contribution in [3.63, 3.8) is 0 Å². The minimum Gasteiger partial charge on any atom is -0.334 e. The summed E-state index contributed by atoms with van der Waals surface area (Å²) in [7, 11) is -2.86. The van der Waals surface area contributed by atoms with Gasteiger partial charge in [-0.1, -0.05) is 277 Å². The number of hydrogen-bond donors (Lipinski definition) is 0. The molecule has 0 aromatic heterocycles. The van der Waals surface area contributed by atoms with Crippen molar-refractivity contribution in [3.8, 4) is 0 Å². The van der Waals surface area contributed by atoms with Crippen LogP contribution in [-0.2, 0) is 10.8 Å². The first kappa shape index (κ1) is 39.7. The standard InChI is InChI=1S/C64H49B2NSi/c1-63(2)48-26-9-12-30-52(48)66-55-33-15-20-38-60(55)68(61-39-21-29-51(63)62(61)66)58-36-18-13-31-53(58)65(54-32-14-19-37-59(54)68)46-40-42-47(43-41-46)67-56-34-16-10-27-49(56)64(44-22-5-3-6-23-44,45-24-7-4-8-25-45)50-28-11-17-35-57(50)67/h3-43,49,56H,1-2H3. The molecule has 320 valence electrons. The Hall–Kier alpha value is -7.39. The van der Waals surface area contributed by atoms with Crippen molar-refractivity contribution >= 4 is 86.4 Å². The van der Waals surface area contributed by atoms with Crippen molar-refractivity contribution in [3.05, 3.63) is 277 Å². The summed E-state index contributed by atoms with van der Waals surface area (Å²) in [5.41, 5.74) is 17.5. The maximum absolute atomic E-state index is 2.86. The highest BCUT2D eigenvalue weighted by Crippen LogP contribution is 2.57. The fraction of sp³-hybridized carbons (Fsp3) is 0.0938. The Morgan fingerprint density at radius 3 is 1.53 bits per heavy atom. The quantitative estimate of drug-likeness (QED) is 0.173. The Labute approximate surface area is 402 Å². The monoisotopic (exact) mass is 881 g/mol. The highest BCUT2D eigenvalue weighted by molar-refractivity contribution is 7.31. The molecule has 1 aliphatic carbocycles. The fourth-order valence-corrected chi connectivity index (χ4v) is 20.2. The Morgan fingerprint density at radius 1 is 0.412 bits per heavy atom. The molecule has 0 bridgehead atoms. The van der Waals surface area contributed by atoms with Crippen LogP contribution in [0.3, 0.4) is 0 Å². The second kappa shape index (κ2) is 14.8. The fourth-order valence-electron chi connectivity index (χ4n) is 14.4. The Morgan fingerprint density at radius 2 is 0.897 bits per heavy atom. The summed E-state index contributed by atoms with van der Waals surface area (Å²) >= 11 is 0. The van der Waals surface area contributed by atoms with Crippen LogP contribution < -0.4 is 58.4 Å². The largest absolute Gasteiger partial charge is 0.334 e. The Balaban J connectivity index is 0.949. The van der Waals surface area contributed by atoms with E-state index >= 15 is 0 Å². The summed E-state index contributed by atoms with van der Waals surface area (Å²) in [6.45, 7) is 5.17. The van der Waals surface area contributed by atoms with Gasteiger partial charge in [0.2, 0.25) is 13.4 Å². The van der Waals surface area contributed by atoms with Crippen LogP contribution in [0.25, 0.3) is 0 Å². The van der Waals surface area contributed by atoms with Crippen molar-refractivity contribution in [2.75, 3.05) is 4.90 Å². The molecule has 0 fully saturated rings. The van der Waals surface area contributed by atoms with Crippen LogP contribution in [0.5, 0.6) is 0 Å². The lowest BCUT2D eigenvalue weighted by molar-refractivity contribution is 0.385. The maximum atomic E-state index is 2.62. The van der Waals surface area contributed by atoms with Crippen LogP contribution in [0.4, 0.5) is 11.4 Å². The van der Waals surface area contributed by atoms with Crippen LogP contribution in [0.1, 0.15) is 41.7 Å². The van der Waals surface area contributed by atoms with E-state index in [9.17, 15) is 0 Å². The molecule has 2 atom stereocenters. The third kappa shape index (κ3) is 5.14. The molecule has 5 aliphatic rings. The number of nitrogens with zero attached hydrogens (tertiary/aromatic N) is 1. The summed E-state index contributed by atoms with van der Waals surface area (Å²) < 4.78 is 0. The molecule has 4 heterocycles. The lowest BCUT2D eigenvalue weighted by Crippen LogP contribution is -2.93. The molecule has 1 spiro atoms. The van der Waals surface area contributed by atoms with Gasteiger partial charge >= 0.3 is 0 Å². The number of fused-ring (bicyclic) bond motifs is 12. The number of benzene rings is 9. The maximum Gasteiger partial charge on any atom is 0.241 e. The number of hydrogen-bond acceptors (Lipinski definition) is 1. The summed E-state index contributed by atoms with van der Waals surface area (Å²) in [5.74, 6) is 0.144. The van der Waals surface area contributed by atoms with Gasteiger partial charge in [-0.3, -0.25) is 0 Å². The molecule has 14 rings (SSSR count). The normalized spacial score (nSPS) is 18.9. The average molecular weight is 882 g/mol. The van der Waals surface area contributed by atoms with E-state index in [2.05, 4.69) is 268 Å². The van der Waals surface area contributed by atoms with Crippen molar-refractivity contribution in [1.82, 2.24) is 0 Å². The zero-order valence-electron chi connectivity index (χ0n) is 38.4. The van der Waals surface area contributed by atoms with Crippen LogP contribution in [0.2, 0.25) is 0 Å². The number of anilines is 2.